The smallest absolute Gasteiger partial charge is 0.0666 e. The molecule has 1 aromatic heterocycles. The second-order valence-electron chi connectivity index (χ2n) is 5.41. The fourth-order valence-corrected chi connectivity index (χ4v) is 3.21. The minimum Gasteiger partial charge on any atom is -0.379 e. The molecule has 0 bridgehead atoms. The van der Waals surface area contributed by atoms with Gasteiger partial charge in [0, 0.05) is 24.1 Å². The van der Waals surface area contributed by atoms with Crippen LogP contribution in [-0.4, -0.2) is 17.8 Å². The van der Waals surface area contributed by atoms with Crippen LogP contribution in [0, 0.1) is 17.2 Å². The average molecular weight is 254 g/mol. The Morgan fingerprint density at radius 3 is 2.74 bits per heavy atom. The lowest BCUT2D eigenvalue weighted by Crippen LogP contribution is -2.51. The number of nitrogens with zero attached hydrogens (tertiary/aromatic N) is 2. The Kier molecular flexibility index (Phi) is 2.83. The van der Waals surface area contributed by atoms with E-state index in [0.29, 0.717) is 13.2 Å². The van der Waals surface area contributed by atoms with E-state index in [9.17, 15) is 5.26 Å². The molecular formula is C16H18N2O. The van der Waals surface area contributed by atoms with E-state index in [2.05, 4.69) is 55.1 Å². The first-order valence-corrected chi connectivity index (χ1v) is 6.75. The van der Waals surface area contributed by atoms with Gasteiger partial charge in [0.1, 0.15) is 0 Å². The van der Waals surface area contributed by atoms with E-state index in [1.807, 2.05) is 0 Å². The highest BCUT2D eigenvalue weighted by molar-refractivity contribution is 5.85. The van der Waals surface area contributed by atoms with Crippen LogP contribution in [0.2, 0.25) is 0 Å². The molecule has 2 heterocycles. The minimum absolute atomic E-state index is 0.0204. The van der Waals surface area contributed by atoms with Gasteiger partial charge >= 0.3 is 0 Å². The predicted octanol–water partition coefficient (Wildman–Crippen LogP) is 3.00. The maximum atomic E-state index is 9.45. The monoisotopic (exact) mass is 254 g/mol. The van der Waals surface area contributed by atoms with Gasteiger partial charge in [-0.1, -0.05) is 25.1 Å². The summed E-state index contributed by atoms with van der Waals surface area (Å²) in [5.41, 5.74) is 2.37. The Hall–Kier alpha value is -1.79. The Morgan fingerprint density at radius 2 is 2.16 bits per heavy atom. The Morgan fingerprint density at radius 1 is 1.42 bits per heavy atom. The van der Waals surface area contributed by atoms with Gasteiger partial charge in [-0.25, -0.2) is 0 Å². The van der Waals surface area contributed by atoms with E-state index in [1.54, 1.807) is 0 Å². The van der Waals surface area contributed by atoms with Crippen LogP contribution in [0.5, 0.6) is 0 Å². The molecule has 3 heteroatoms. The maximum Gasteiger partial charge on any atom is 0.0666 e. The van der Waals surface area contributed by atoms with Gasteiger partial charge in [0.05, 0.1) is 30.6 Å². The number of hydrogen-bond acceptors (Lipinski definition) is 2. The zero-order valence-electron chi connectivity index (χ0n) is 11.4. The summed E-state index contributed by atoms with van der Waals surface area (Å²) in [4.78, 5) is 0. The SMILES string of the molecule is CCC(C#N)C1(c2cn(C)c3ccccc23)COC1. The van der Waals surface area contributed by atoms with Gasteiger partial charge in [0.25, 0.3) is 0 Å². The third-order valence-corrected chi connectivity index (χ3v) is 4.38. The lowest BCUT2D eigenvalue weighted by atomic mass is 9.68. The van der Waals surface area contributed by atoms with Gasteiger partial charge in [-0.05, 0) is 18.1 Å². The molecule has 3 nitrogen and oxygen atoms in total. The Labute approximate surface area is 113 Å². The van der Waals surface area contributed by atoms with Crippen LogP contribution in [-0.2, 0) is 17.2 Å². The van der Waals surface area contributed by atoms with Gasteiger partial charge in [0.15, 0.2) is 0 Å². The van der Waals surface area contributed by atoms with Crippen molar-refractivity contribution in [1.29, 1.82) is 5.26 Å². The van der Waals surface area contributed by atoms with E-state index in [-0.39, 0.29) is 11.3 Å². The first kappa shape index (κ1) is 12.3. The fourth-order valence-electron chi connectivity index (χ4n) is 3.21. The molecule has 1 aliphatic heterocycles. The van der Waals surface area contributed by atoms with Crippen molar-refractivity contribution in [1.82, 2.24) is 4.57 Å². The molecule has 19 heavy (non-hydrogen) atoms. The molecule has 1 fully saturated rings. The molecule has 0 N–H and O–H groups in total. The molecule has 3 rings (SSSR count). The third-order valence-electron chi connectivity index (χ3n) is 4.38. The molecule has 0 amide bonds. The van der Waals surface area contributed by atoms with Crippen LogP contribution >= 0.6 is 0 Å². The van der Waals surface area contributed by atoms with E-state index in [4.69, 9.17) is 4.74 Å². The molecule has 2 aromatic rings. The highest BCUT2D eigenvalue weighted by Gasteiger charge is 2.48. The van der Waals surface area contributed by atoms with E-state index in [1.165, 1.54) is 16.5 Å². The lowest BCUT2D eigenvalue weighted by molar-refractivity contribution is -0.0797. The van der Waals surface area contributed by atoms with Crippen molar-refractivity contribution < 1.29 is 4.74 Å². The summed E-state index contributed by atoms with van der Waals surface area (Å²) < 4.78 is 7.62. The van der Waals surface area contributed by atoms with Gasteiger partial charge in [0.2, 0.25) is 0 Å². The maximum absolute atomic E-state index is 9.45. The highest BCUT2D eigenvalue weighted by atomic mass is 16.5. The molecule has 0 aliphatic carbocycles. The molecule has 1 atom stereocenters. The van der Waals surface area contributed by atoms with Crippen LogP contribution in [0.3, 0.4) is 0 Å². The van der Waals surface area contributed by atoms with Crippen LogP contribution in [0.1, 0.15) is 18.9 Å². The summed E-state index contributed by atoms with van der Waals surface area (Å²) >= 11 is 0. The zero-order chi connectivity index (χ0) is 13.5. The van der Waals surface area contributed by atoms with Crippen LogP contribution in [0.4, 0.5) is 0 Å². The number of hydrogen-bond donors (Lipinski definition) is 0. The van der Waals surface area contributed by atoms with Crippen molar-refractivity contribution in [2.45, 2.75) is 18.8 Å². The average Bonchev–Trinajstić information content (AvgIpc) is 2.72. The molecule has 98 valence electrons. The van der Waals surface area contributed by atoms with E-state index in [0.717, 1.165) is 6.42 Å². The second kappa shape index (κ2) is 4.40. The molecule has 0 saturated carbocycles. The van der Waals surface area contributed by atoms with Gasteiger partial charge in [-0.3, -0.25) is 0 Å². The van der Waals surface area contributed by atoms with Crippen molar-refractivity contribution in [3.8, 4) is 6.07 Å². The van der Waals surface area contributed by atoms with Gasteiger partial charge in [-0.2, -0.15) is 5.26 Å². The molecule has 0 spiro atoms. The van der Waals surface area contributed by atoms with Crippen molar-refractivity contribution in [2.75, 3.05) is 13.2 Å². The molecule has 1 saturated heterocycles. The van der Waals surface area contributed by atoms with Gasteiger partial charge in [-0.15, -0.1) is 0 Å². The fraction of sp³-hybridized carbons (Fsp3) is 0.438. The van der Waals surface area contributed by atoms with Crippen molar-refractivity contribution in [2.24, 2.45) is 13.0 Å². The predicted molar refractivity (Wildman–Crippen MR) is 74.8 cm³/mol. The number of aryl methyl sites for hydroxylation is 1. The number of nitriles is 1. The number of benzene rings is 1. The van der Waals surface area contributed by atoms with Crippen LogP contribution in [0.25, 0.3) is 10.9 Å². The Balaban J connectivity index is 2.20. The highest BCUT2D eigenvalue weighted by Crippen LogP contribution is 2.44. The number of rotatable bonds is 3. The van der Waals surface area contributed by atoms with E-state index < -0.39 is 0 Å². The van der Waals surface area contributed by atoms with Crippen LogP contribution < -0.4 is 0 Å². The molecule has 1 aromatic carbocycles. The summed E-state index contributed by atoms with van der Waals surface area (Å²) in [6.45, 7) is 3.40. The topological polar surface area (TPSA) is 38.0 Å². The summed E-state index contributed by atoms with van der Waals surface area (Å²) in [6.07, 6.45) is 3.04. The van der Waals surface area contributed by atoms with Crippen molar-refractivity contribution in [3.05, 3.63) is 36.0 Å². The van der Waals surface area contributed by atoms with Crippen molar-refractivity contribution in [3.63, 3.8) is 0 Å². The quantitative estimate of drug-likeness (QED) is 0.844. The summed E-state index contributed by atoms with van der Waals surface area (Å²) in [5.74, 6) is 0.0204. The first-order valence-electron chi connectivity index (χ1n) is 6.75. The number of para-hydroxylation sites is 1. The molecule has 1 aliphatic rings. The number of ether oxygens (including phenoxy) is 1. The van der Waals surface area contributed by atoms with Crippen molar-refractivity contribution >= 4 is 10.9 Å². The second-order valence-corrected chi connectivity index (χ2v) is 5.41. The molecular weight excluding hydrogens is 236 g/mol. The minimum atomic E-state index is -0.121. The zero-order valence-corrected chi connectivity index (χ0v) is 11.4. The largest absolute Gasteiger partial charge is 0.379 e. The first-order chi connectivity index (χ1) is 9.23. The number of fused-ring (bicyclic) bond motifs is 1. The lowest BCUT2D eigenvalue weighted by Gasteiger charge is -2.44. The van der Waals surface area contributed by atoms with Gasteiger partial charge < -0.3 is 9.30 Å². The summed E-state index contributed by atoms with van der Waals surface area (Å²) in [7, 11) is 2.06. The summed E-state index contributed by atoms with van der Waals surface area (Å²) in [5, 5.41) is 10.7. The normalized spacial score (nSPS) is 18.8. The van der Waals surface area contributed by atoms with E-state index >= 15 is 0 Å². The summed E-state index contributed by atoms with van der Waals surface area (Å²) in [6, 6.07) is 10.9. The van der Waals surface area contributed by atoms with Crippen LogP contribution in [0.15, 0.2) is 30.5 Å². The molecule has 1 unspecified atom stereocenters. The third kappa shape index (κ3) is 1.60. The molecule has 0 radical (unpaired) electrons. The standard InChI is InChI=1S/C16H18N2O/c1-3-12(8-17)16(10-19-11-16)14-9-18(2)15-7-5-4-6-13(14)15/h4-7,9,12H,3,10-11H2,1-2H3. The number of aromatic nitrogens is 1. The Bertz CT molecular complexity index is 646.